The van der Waals surface area contributed by atoms with Gasteiger partial charge in [0.2, 0.25) is 11.9 Å². The lowest BCUT2D eigenvalue weighted by Crippen LogP contribution is -2.38. The fraction of sp³-hybridized carbons (Fsp3) is 0.480. The molecule has 0 atom stereocenters. The molecule has 0 spiro atoms. The normalized spacial score (nSPS) is 14.0. The van der Waals surface area contributed by atoms with Gasteiger partial charge in [-0.1, -0.05) is 0 Å². The second-order valence-corrected chi connectivity index (χ2v) is 8.27. The predicted molar refractivity (Wildman–Crippen MR) is 134 cm³/mol. The first-order valence-electron chi connectivity index (χ1n) is 12.0. The average molecular weight is 483 g/mol. The van der Waals surface area contributed by atoms with Gasteiger partial charge >= 0.3 is 6.01 Å². The monoisotopic (exact) mass is 482 g/mol. The molecule has 35 heavy (non-hydrogen) atoms. The van der Waals surface area contributed by atoms with Crippen LogP contribution >= 0.6 is 0 Å². The lowest BCUT2D eigenvalue weighted by atomic mass is 10.3. The maximum atomic E-state index is 5.86. The van der Waals surface area contributed by atoms with E-state index in [9.17, 15) is 0 Å². The van der Waals surface area contributed by atoms with Gasteiger partial charge in [-0.2, -0.15) is 15.0 Å². The van der Waals surface area contributed by atoms with Gasteiger partial charge in [-0.3, -0.25) is 4.90 Å². The fourth-order valence-electron chi connectivity index (χ4n) is 3.86. The minimum absolute atomic E-state index is 0.280. The van der Waals surface area contributed by atoms with Crippen LogP contribution < -0.4 is 19.7 Å². The second kappa shape index (κ2) is 12.4. The number of hydrogen-bond donors (Lipinski definition) is 1. The molecule has 10 heteroatoms. The summed E-state index contributed by atoms with van der Waals surface area (Å²) >= 11 is 0. The van der Waals surface area contributed by atoms with Crippen molar-refractivity contribution in [3.05, 3.63) is 47.9 Å². The molecule has 1 aliphatic rings. The number of aromatic nitrogens is 3. The molecule has 1 saturated heterocycles. The second-order valence-electron chi connectivity index (χ2n) is 8.27. The van der Waals surface area contributed by atoms with Gasteiger partial charge in [-0.15, -0.1) is 0 Å². The summed E-state index contributed by atoms with van der Waals surface area (Å²) in [6, 6.07) is 11.8. The Balaban J connectivity index is 1.54. The minimum atomic E-state index is 0.280. The molecule has 1 aromatic carbocycles. The molecule has 3 heterocycles. The lowest BCUT2D eigenvalue weighted by molar-refractivity contribution is 0.0376. The van der Waals surface area contributed by atoms with E-state index < -0.39 is 0 Å². The zero-order chi connectivity index (χ0) is 24.5. The number of benzene rings is 1. The molecule has 1 N–H and O–H groups in total. The number of aryl methyl sites for hydroxylation is 1. The van der Waals surface area contributed by atoms with Gasteiger partial charge in [0.25, 0.3) is 0 Å². The van der Waals surface area contributed by atoms with Gasteiger partial charge < -0.3 is 28.8 Å². The number of hydrogen-bond acceptors (Lipinski definition) is 10. The van der Waals surface area contributed by atoms with Crippen molar-refractivity contribution in [3.8, 4) is 11.8 Å². The van der Waals surface area contributed by atoms with E-state index >= 15 is 0 Å². The van der Waals surface area contributed by atoms with E-state index in [-0.39, 0.29) is 6.01 Å². The summed E-state index contributed by atoms with van der Waals surface area (Å²) in [7, 11) is 1.64. The molecule has 4 rings (SSSR count). The van der Waals surface area contributed by atoms with E-state index in [1.54, 1.807) is 7.11 Å². The van der Waals surface area contributed by atoms with E-state index in [4.69, 9.17) is 23.6 Å². The first kappa shape index (κ1) is 24.7. The van der Waals surface area contributed by atoms with Crippen LogP contribution in [0.1, 0.15) is 24.9 Å². The molecular formula is C25H34N6O4. The molecule has 188 valence electrons. The van der Waals surface area contributed by atoms with Crippen LogP contribution in [-0.2, 0) is 11.3 Å². The van der Waals surface area contributed by atoms with Gasteiger partial charge in [-0.05, 0) is 56.7 Å². The molecule has 0 bridgehead atoms. The highest BCUT2D eigenvalue weighted by atomic mass is 16.5. The molecule has 0 saturated carbocycles. The largest absolute Gasteiger partial charge is 0.497 e. The Labute approximate surface area is 206 Å². The third-order valence-electron chi connectivity index (χ3n) is 5.65. The van der Waals surface area contributed by atoms with Gasteiger partial charge in [0.05, 0.1) is 33.5 Å². The van der Waals surface area contributed by atoms with E-state index in [1.807, 2.05) is 50.2 Å². The number of ether oxygens (including phenoxy) is 3. The Hall–Kier alpha value is -3.37. The Kier molecular flexibility index (Phi) is 8.74. The summed E-state index contributed by atoms with van der Waals surface area (Å²) in [6.07, 6.45) is 0.955. The van der Waals surface area contributed by atoms with Crippen molar-refractivity contribution >= 4 is 17.6 Å². The highest BCUT2D eigenvalue weighted by Crippen LogP contribution is 2.23. The topological polar surface area (TPSA) is 98.0 Å². The van der Waals surface area contributed by atoms with Crippen LogP contribution in [0.25, 0.3) is 0 Å². The number of furan rings is 1. The molecule has 0 amide bonds. The number of nitrogens with one attached hydrogen (secondary N) is 1. The maximum absolute atomic E-state index is 5.86. The van der Waals surface area contributed by atoms with E-state index in [0.29, 0.717) is 25.0 Å². The molecule has 1 fully saturated rings. The number of nitrogens with zero attached hydrogens (tertiary/aromatic N) is 5. The van der Waals surface area contributed by atoms with Crippen molar-refractivity contribution < 1.29 is 18.6 Å². The molecule has 10 nitrogen and oxygen atoms in total. The van der Waals surface area contributed by atoms with Gasteiger partial charge in [0.1, 0.15) is 17.3 Å². The van der Waals surface area contributed by atoms with Crippen LogP contribution in [0.4, 0.5) is 17.6 Å². The molecule has 3 aromatic rings. The van der Waals surface area contributed by atoms with Crippen LogP contribution in [0.5, 0.6) is 11.8 Å². The van der Waals surface area contributed by atoms with Crippen molar-refractivity contribution in [2.75, 3.05) is 63.3 Å². The number of anilines is 3. The third-order valence-corrected chi connectivity index (χ3v) is 5.65. The molecule has 0 aliphatic carbocycles. The van der Waals surface area contributed by atoms with E-state index in [2.05, 4.69) is 25.1 Å². The van der Waals surface area contributed by atoms with Gasteiger partial charge in [0.15, 0.2) is 0 Å². The van der Waals surface area contributed by atoms with Crippen molar-refractivity contribution in [3.63, 3.8) is 0 Å². The Bertz CT molecular complexity index is 1050. The van der Waals surface area contributed by atoms with Crippen molar-refractivity contribution in [2.24, 2.45) is 0 Å². The van der Waals surface area contributed by atoms with Gasteiger partial charge in [-0.25, -0.2) is 0 Å². The van der Waals surface area contributed by atoms with E-state index in [0.717, 1.165) is 68.8 Å². The van der Waals surface area contributed by atoms with Crippen LogP contribution in [0.15, 0.2) is 40.8 Å². The Morgan fingerprint density at radius 3 is 2.54 bits per heavy atom. The average Bonchev–Trinajstić information content (AvgIpc) is 3.29. The standard InChI is InChI=1S/C25H34N6O4/c1-4-34-25-28-23(26-20-7-10-21(32-3)11-8-20)27-24(29-25)31(18-22-9-6-19(2)35-22)13-5-12-30-14-16-33-17-15-30/h6-11H,4-5,12-18H2,1-3H3,(H,26,27,28,29). The quantitative estimate of drug-likeness (QED) is 0.412. The zero-order valence-electron chi connectivity index (χ0n) is 20.7. The first-order chi connectivity index (χ1) is 17.1. The molecule has 1 aliphatic heterocycles. The number of rotatable bonds is 12. The Morgan fingerprint density at radius 1 is 1.06 bits per heavy atom. The lowest BCUT2D eigenvalue weighted by Gasteiger charge is -2.28. The third kappa shape index (κ3) is 7.30. The van der Waals surface area contributed by atoms with Crippen molar-refractivity contribution in [1.82, 2.24) is 19.9 Å². The SMILES string of the molecule is CCOc1nc(Nc2ccc(OC)cc2)nc(N(CCCN2CCOCC2)Cc2ccc(C)o2)n1. The smallest absolute Gasteiger partial charge is 0.323 e. The summed E-state index contributed by atoms with van der Waals surface area (Å²) in [5.74, 6) is 3.47. The highest BCUT2D eigenvalue weighted by molar-refractivity contribution is 5.55. The molecule has 2 aromatic heterocycles. The molecule has 0 unspecified atom stereocenters. The van der Waals surface area contributed by atoms with Crippen LogP contribution in [0, 0.1) is 6.92 Å². The summed E-state index contributed by atoms with van der Waals surface area (Å²) in [6.45, 7) is 10.1. The maximum Gasteiger partial charge on any atom is 0.323 e. The van der Waals surface area contributed by atoms with E-state index in [1.165, 1.54) is 0 Å². The fourth-order valence-corrected chi connectivity index (χ4v) is 3.86. The highest BCUT2D eigenvalue weighted by Gasteiger charge is 2.18. The first-order valence-corrected chi connectivity index (χ1v) is 12.0. The molecular weight excluding hydrogens is 448 g/mol. The number of morpholine rings is 1. The Morgan fingerprint density at radius 2 is 1.86 bits per heavy atom. The van der Waals surface area contributed by atoms with Crippen LogP contribution in [-0.4, -0.2) is 73.0 Å². The number of methoxy groups -OCH3 is 1. The summed E-state index contributed by atoms with van der Waals surface area (Å²) in [5, 5.41) is 3.26. The van der Waals surface area contributed by atoms with Gasteiger partial charge in [0, 0.05) is 31.9 Å². The molecule has 0 radical (unpaired) electrons. The van der Waals surface area contributed by atoms with Crippen molar-refractivity contribution in [1.29, 1.82) is 0 Å². The zero-order valence-corrected chi connectivity index (χ0v) is 20.7. The summed E-state index contributed by atoms with van der Waals surface area (Å²) in [5.41, 5.74) is 0.839. The summed E-state index contributed by atoms with van der Waals surface area (Å²) < 4.78 is 22.2. The van der Waals surface area contributed by atoms with Crippen LogP contribution in [0.3, 0.4) is 0 Å². The minimum Gasteiger partial charge on any atom is -0.497 e. The summed E-state index contributed by atoms with van der Waals surface area (Å²) in [4.78, 5) is 18.3. The van der Waals surface area contributed by atoms with Crippen molar-refractivity contribution in [2.45, 2.75) is 26.8 Å². The van der Waals surface area contributed by atoms with Crippen LogP contribution in [0.2, 0.25) is 0 Å². The predicted octanol–water partition coefficient (Wildman–Crippen LogP) is 3.65.